The van der Waals surface area contributed by atoms with E-state index in [0.29, 0.717) is 56.3 Å². The first-order valence-electron chi connectivity index (χ1n) is 16.4. The zero-order chi connectivity index (χ0) is 30.9. The van der Waals surface area contributed by atoms with Gasteiger partial charge in [0.15, 0.2) is 0 Å². The number of piperazine rings is 2. The number of benzene rings is 2. The molecule has 11 heteroatoms. The molecule has 5 heterocycles. The van der Waals surface area contributed by atoms with E-state index in [9.17, 15) is 18.8 Å². The highest BCUT2D eigenvalue weighted by molar-refractivity contribution is 5.95. The first kappa shape index (κ1) is 30.0. The number of carbonyl (C=O) groups excluding carboxylic acids is 2. The van der Waals surface area contributed by atoms with Gasteiger partial charge in [-0.1, -0.05) is 24.3 Å². The van der Waals surface area contributed by atoms with Gasteiger partial charge in [-0.05, 0) is 61.4 Å². The molecule has 45 heavy (non-hydrogen) atoms. The summed E-state index contributed by atoms with van der Waals surface area (Å²) in [5.41, 5.74) is 1.12. The lowest BCUT2D eigenvalue weighted by atomic mass is 9.73. The number of halogens is 1. The van der Waals surface area contributed by atoms with Gasteiger partial charge in [-0.25, -0.2) is 9.49 Å². The number of aromatic amines is 1. The second kappa shape index (κ2) is 13.0. The number of nitrogens with zero attached hydrogens (tertiary/aromatic N) is 5. The van der Waals surface area contributed by atoms with Crippen LogP contribution in [0.1, 0.15) is 40.9 Å². The van der Waals surface area contributed by atoms with Crippen molar-refractivity contribution in [2.75, 3.05) is 72.0 Å². The summed E-state index contributed by atoms with van der Waals surface area (Å²) in [5, 5.41) is 11.7. The summed E-state index contributed by atoms with van der Waals surface area (Å²) in [7, 11) is 0. The molecule has 5 fully saturated rings. The van der Waals surface area contributed by atoms with Crippen molar-refractivity contribution in [2.24, 2.45) is 11.8 Å². The highest BCUT2D eigenvalue weighted by Crippen LogP contribution is 2.35. The number of fused-ring (bicyclic) bond motifs is 4. The molecule has 8 rings (SSSR count). The van der Waals surface area contributed by atoms with E-state index in [0.717, 1.165) is 49.0 Å². The molecule has 2 aromatic carbocycles. The van der Waals surface area contributed by atoms with Crippen LogP contribution in [0.25, 0.3) is 10.8 Å². The summed E-state index contributed by atoms with van der Waals surface area (Å²) in [5.74, 6) is 0.772. The van der Waals surface area contributed by atoms with Crippen molar-refractivity contribution >= 4 is 22.6 Å². The molecule has 0 radical (unpaired) electrons. The number of hydrogen-bond acceptors (Lipinski definition) is 7. The summed E-state index contributed by atoms with van der Waals surface area (Å²) >= 11 is 0. The Kier molecular flexibility index (Phi) is 8.66. The Balaban J connectivity index is 0.899. The van der Waals surface area contributed by atoms with E-state index < -0.39 is 5.82 Å². The smallest absolute Gasteiger partial charge is 0.272 e. The monoisotopic (exact) mass is 615 g/mol. The third-order valence-electron chi connectivity index (χ3n) is 10.5. The number of aromatic nitrogens is 2. The summed E-state index contributed by atoms with van der Waals surface area (Å²) in [6.07, 6.45) is 4.35. The molecule has 3 unspecified atom stereocenters. The topological polar surface area (TPSA) is 105 Å². The molecule has 1 aromatic heterocycles. The number of rotatable bonds is 7. The van der Waals surface area contributed by atoms with E-state index in [2.05, 4.69) is 25.3 Å². The number of nitrogens with one attached hydrogen (secondary N) is 2. The molecule has 2 N–H and O–H groups in total. The van der Waals surface area contributed by atoms with Crippen LogP contribution in [0, 0.1) is 17.7 Å². The molecule has 4 saturated heterocycles. The number of piperidine rings is 2. The van der Waals surface area contributed by atoms with Gasteiger partial charge in [-0.3, -0.25) is 19.3 Å². The van der Waals surface area contributed by atoms with Gasteiger partial charge < -0.3 is 20.0 Å². The summed E-state index contributed by atoms with van der Waals surface area (Å²) in [6.45, 7) is 8.22. The van der Waals surface area contributed by atoms with Crippen molar-refractivity contribution in [1.29, 1.82) is 0 Å². The molecule has 0 spiro atoms. The zero-order valence-corrected chi connectivity index (χ0v) is 25.7. The van der Waals surface area contributed by atoms with Crippen LogP contribution in [0.5, 0.6) is 0 Å². The van der Waals surface area contributed by atoms with Crippen molar-refractivity contribution in [3.63, 3.8) is 0 Å². The minimum atomic E-state index is -0.576. The Morgan fingerprint density at radius 1 is 0.889 bits per heavy atom. The number of hydrogen-bond donors (Lipinski definition) is 2. The molecule has 10 nitrogen and oxygen atoms in total. The van der Waals surface area contributed by atoms with E-state index in [1.165, 1.54) is 38.4 Å². The van der Waals surface area contributed by atoms with E-state index in [-0.39, 0.29) is 22.9 Å². The lowest BCUT2D eigenvalue weighted by Crippen LogP contribution is -2.56. The van der Waals surface area contributed by atoms with E-state index in [4.69, 9.17) is 0 Å². The van der Waals surface area contributed by atoms with Gasteiger partial charge in [0.2, 0.25) is 5.91 Å². The van der Waals surface area contributed by atoms with Crippen LogP contribution in [0.15, 0.2) is 47.3 Å². The van der Waals surface area contributed by atoms with E-state index in [1.807, 2.05) is 17.0 Å². The number of carbonyl (C=O) groups is 2. The van der Waals surface area contributed by atoms with Crippen molar-refractivity contribution < 1.29 is 14.0 Å². The third kappa shape index (κ3) is 6.52. The van der Waals surface area contributed by atoms with Crippen LogP contribution in [0.4, 0.5) is 4.39 Å². The van der Waals surface area contributed by atoms with Gasteiger partial charge >= 0.3 is 0 Å². The lowest BCUT2D eigenvalue weighted by Gasteiger charge is -2.46. The number of H-pyrrole nitrogens is 1. The zero-order valence-electron chi connectivity index (χ0n) is 25.7. The Morgan fingerprint density at radius 2 is 1.62 bits per heavy atom. The summed E-state index contributed by atoms with van der Waals surface area (Å²) in [6, 6.07) is 12.5. The third-order valence-corrected chi connectivity index (χ3v) is 10.5. The summed E-state index contributed by atoms with van der Waals surface area (Å²) < 4.78 is 14.9. The fourth-order valence-corrected chi connectivity index (χ4v) is 7.75. The van der Waals surface area contributed by atoms with Crippen LogP contribution in [-0.2, 0) is 11.2 Å². The minimum absolute atomic E-state index is 0.0104. The Bertz CT molecular complexity index is 1600. The molecule has 3 atom stereocenters. The maximum atomic E-state index is 14.9. The highest BCUT2D eigenvalue weighted by atomic mass is 19.1. The van der Waals surface area contributed by atoms with Gasteiger partial charge in [-0.15, -0.1) is 0 Å². The Labute approximate surface area is 262 Å². The van der Waals surface area contributed by atoms with Crippen molar-refractivity contribution in [3.05, 3.63) is 75.5 Å². The molecule has 238 valence electrons. The second-order valence-corrected chi connectivity index (χ2v) is 13.2. The fourth-order valence-electron chi connectivity index (χ4n) is 7.75. The quantitative estimate of drug-likeness (QED) is 0.419. The van der Waals surface area contributed by atoms with Crippen LogP contribution in [-0.4, -0.2) is 120 Å². The Hall–Kier alpha value is -3.67. The maximum absolute atomic E-state index is 14.9. The predicted molar refractivity (Wildman–Crippen MR) is 170 cm³/mol. The largest absolute Gasteiger partial charge is 0.338 e. The molecule has 5 aliphatic rings. The average Bonchev–Trinajstić information content (AvgIpc) is 3.08. The van der Waals surface area contributed by atoms with Crippen molar-refractivity contribution in [2.45, 2.75) is 31.7 Å². The molecule has 2 amide bonds. The molecule has 2 bridgehead atoms. The van der Waals surface area contributed by atoms with Gasteiger partial charge in [-0.2, -0.15) is 5.10 Å². The van der Waals surface area contributed by atoms with Crippen LogP contribution < -0.4 is 10.9 Å². The lowest BCUT2D eigenvalue weighted by molar-refractivity contribution is -0.134. The van der Waals surface area contributed by atoms with Crippen molar-refractivity contribution in [1.82, 2.24) is 35.1 Å². The highest BCUT2D eigenvalue weighted by Gasteiger charge is 2.36. The van der Waals surface area contributed by atoms with Crippen molar-refractivity contribution in [3.8, 4) is 0 Å². The SMILES string of the molecule is O=C(CN1CCN(CC2CC3CCC2CN3)CC1)N1CCN(C(=O)c2cc(Cc3n[nH]c(=O)c4ccccc34)ccc2F)CC1. The molecular weight excluding hydrogens is 573 g/mol. The van der Waals surface area contributed by atoms with Crippen LogP contribution in [0.3, 0.4) is 0 Å². The van der Waals surface area contributed by atoms with Crippen LogP contribution in [0.2, 0.25) is 0 Å². The molecule has 4 aliphatic heterocycles. The van der Waals surface area contributed by atoms with E-state index in [1.54, 1.807) is 29.2 Å². The second-order valence-electron chi connectivity index (χ2n) is 13.2. The fraction of sp³-hybridized carbons (Fsp3) is 0.529. The van der Waals surface area contributed by atoms with E-state index >= 15 is 0 Å². The molecule has 1 aliphatic carbocycles. The van der Waals surface area contributed by atoms with Gasteiger partial charge in [0.1, 0.15) is 5.82 Å². The average molecular weight is 616 g/mol. The maximum Gasteiger partial charge on any atom is 0.272 e. The first-order chi connectivity index (χ1) is 21.9. The standard InChI is InChI=1S/C34H42FN7O3/c35-30-8-5-23(18-31-27-3-1-2-4-28(27)33(44)38-37-31)17-29(30)34(45)42-15-13-41(14-16-42)32(43)22-40-11-9-39(10-12-40)21-25-19-26-7-6-24(25)20-36-26/h1-5,8,17,24-26,36H,6-7,9-16,18-22H2,(H,38,44). The van der Waals surface area contributed by atoms with Gasteiger partial charge in [0.05, 0.1) is 23.2 Å². The Morgan fingerprint density at radius 3 is 2.33 bits per heavy atom. The van der Waals surface area contributed by atoms with Gasteiger partial charge in [0, 0.05) is 76.8 Å². The minimum Gasteiger partial charge on any atom is -0.338 e. The first-order valence-corrected chi connectivity index (χ1v) is 16.4. The molecular formula is C34H42FN7O3. The molecule has 3 aromatic rings. The summed E-state index contributed by atoms with van der Waals surface area (Å²) in [4.78, 5) is 47.0. The van der Waals surface area contributed by atoms with Gasteiger partial charge in [0.25, 0.3) is 11.5 Å². The molecule has 1 saturated carbocycles. The normalized spacial score (nSPS) is 24.3. The van der Waals surface area contributed by atoms with Crippen LogP contribution >= 0.6 is 0 Å². The number of amides is 2. The predicted octanol–water partition coefficient (Wildman–Crippen LogP) is 1.94.